The van der Waals surface area contributed by atoms with Gasteiger partial charge < -0.3 is 9.88 Å². The van der Waals surface area contributed by atoms with Gasteiger partial charge in [-0.3, -0.25) is 4.98 Å². The first-order chi connectivity index (χ1) is 9.86. The summed E-state index contributed by atoms with van der Waals surface area (Å²) in [5.74, 6) is 1.70. The number of benzene rings is 1. The van der Waals surface area contributed by atoms with E-state index in [-0.39, 0.29) is 0 Å². The second-order valence-corrected chi connectivity index (χ2v) is 4.39. The Morgan fingerprint density at radius 3 is 2.60 bits per heavy atom. The van der Waals surface area contributed by atoms with E-state index in [0.29, 0.717) is 6.54 Å². The summed E-state index contributed by atoms with van der Waals surface area (Å²) in [5.41, 5.74) is 2.00. The third-order valence-electron chi connectivity index (χ3n) is 3.04. The van der Waals surface area contributed by atoms with E-state index in [0.717, 1.165) is 22.9 Å². The SMILES string of the molecule is CNc1cnc(Cn2ccnc2-c2ccccc2)cn1. The fraction of sp³-hybridized carbons (Fsp3) is 0.133. The number of nitrogens with zero attached hydrogens (tertiary/aromatic N) is 4. The molecule has 20 heavy (non-hydrogen) atoms. The van der Waals surface area contributed by atoms with Gasteiger partial charge in [0.25, 0.3) is 0 Å². The number of rotatable bonds is 4. The van der Waals surface area contributed by atoms with Gasteiger partial charge in [0, 0.05) is 25.0 Å². The van der Waals surface area contributed by atoms with Gasteiger partial charge in [-0.1, -0.05) is 30.3 Å². The van der Waals surface area contributed by atoms with Crippen molar-refractivity contribution in [2.24, 2.45) is 0 Å². The zero-order valence-electron chi connectivity index (χ0n) is 11.2. The average molecular weight is 265 g/mol. The van der Waals surface area contributed by atoms with Crippen LogP contribution in [-0.4, -0.2) is 26.6 Å². The van der Waals surface area contributed by atoms with Gasteiger partial charge in [-0.15, -0.1) is 0 Å². The molecule has 0 aliphatic heterocycles. The van der Waals surface area contributed by atoms with Gasteiger partial charge in [0.2, 0.25) is 0 Å². The molecule has 0 saturated heterocycles. The predicted octanol–water partition coefficient (Wildman–Crippen LogP) is 2.43. The zero-order valence-corrected chi connectivity index (χ0v) is 11.2. The van der Waals surface area contributed by atoms with Crippen molar-refractivity contribution in [1.82, 2.24) is 19.5 Å². The van der Waals surface area contributed by atoms with Crippen molar-refractivity contribution in [3.8, 4) is 11.4 Å². The van der Waals surface area contributed by atoms with E-state index in [1.807, 2.05) is 31.4 Å². The maximum Gasteiger partial charge on any atom is 0.144 e. The highest BCUT2D eigenvalue weighted by molar-refractivity contribution is 5.55. The van der Waals surface area contributed by atoms with Crippen LogP contribution in [0.1, 0.15) is 5.69 Å². The van der Waals surface area contributed by atoms with E-state index >= 15 is 0 Å². The molecule has 5 nitrogen and oxygen atoms in total. The van der Waals surface area contributed by atoms with E-state index in [1.165, 1.54) is 0 Å². The van der Waals surface area contributed by atoms with E-state index in [9.17, 15) is 0 Å². The van der Waals surface area contributed by atoms with E-state index < -0.39 is 0 Å². The van der Waals surface area contributed by atoms with Gasteiger partial charge in [-0.25, -0.2) is 9.97 Å². The minimum Gasteiger partial charge on any atom is -0.372 e. The quantitative estimate of drug-likeness (QED) is 0.787. The molecule has 1 aromatic carbocycles. The van der Waals surface area contributed by atoms with Crippen LogP contribution in [0.5, 0.6) is 0 Å². The fourth-order valence-corrected chi connectivity index (χ4v) is 2.02. The zero-order chi connectivity index (χ0) is 13.8. The summed E-state index contributed by atoms with van der Waals surface area (Å²) in [6, 6.07) is 10.1. The third-order valence-corrected chi connectivity index (χ3v) is 3.04. The molecule has 2 aromatic heterocycles. The molecule has 0 bridgehead atoms. The topological polar surface area (TPSA) is 55.6 Å². The van der Waals surface area contributed by atoms with Gasteiger partial charge in [0.15, 0.2) is 0 Å². The molecule has 0 aliphatic rings. The molecule has 1 N–H and O–H groups in total. The maximum atomic E-state index is 4.42. The smallest absolute Gasteiger partial charge is 0.144 e. The lowest BCUT2D eigenvalue weighted by Crippen LogP contribution is -2.04. The Morgan fingerprint density at radius 1 is 1.05 bits per heavy atom. The monoisotopic (exact) mass is 265 g/mol. The summed E-state index contributed by atoms with van der Waals surface area (Å²) in [7, 11) is 1.83. The van der Waals surface area contributed by atoms with E-state index in [4.69, 9.17) is 0 Å². The number of hydrogen-bond donors (Lipinski definition) is 1. The normalized spacial score (nSPS) is 10.4. The first-order valence-corrected chi connectivity index (χ1v) is 6.42. The third kappa shape index (κ3) is 2.51. The standard InChI is InChI=1S/C15H15N5/c1-16-14-10-18-13(9-19-14)11-20-8-7-17-15(20)12-5-3-2-4-6-12/h2-10H,11H2,1H3,(H,16,19). The lowest BCUT2D eigenvalue weighted by molar-refractivity contribution is 0.776. The number of nitrogens with one attached hydrogen (secondary N) is 1. The number of anilines is 1. The van der Waals surface area contributed by atoms with Crippen molar-refractivity contribution >= 4 is 5.82 Å². The highest BCUT2D eigenvalue weighted by atomic mass is 15.1. The molecule has 0 amide bonds. The second-order valence-electron chi connectivity index (χ2n) is 4.39. The Labute approximate surface area is 117 Å². The molecule has 0 spiro atoms. The summed E-state index contributed by atoms with van der Waals surface area (Å²) in [5, 5.41) is 2.96. The van der Waals surface area contributed by atoms with Crippen LogP contribution in [0.25, 0.3) is 11.4 Å². The molecule has 0 fully saturated rings. The van der Waals surface area contributed by atoms with Crippen LogP contribution >= 0.6 is 0 Å². The van der Waals surface area contributed by atoms with Crippen LogP contribution < -0.4 is 5.32 Å². The fourth-order valence-electron chi connectivity index (χ4n) is 2.02. The lowest BCUT2D eigenvalue weighted by atomic mass is 10.2. The van der Waals surface area contributed by atoms with Gasteiger partial charge in [0.05, 0.1) is 24.6 Å². The minimum atomic E-state index is 0.654. The molecule has 2 heterocycles. The van der Waals surface area contributed by atoms with Crippen LogP contribution in [0.4, 0.5) is 5.82 Å². The van der Waals surface area contributed by atoms with Crippen molar-refractivity contribution in [2.75, 3.05) is 12.4 Å². The Hall–Kier alpha value is -2.69. The number of imidazole rings is 1. The molecule has 0 saturated carbocycles. The van der Waals surface area contributed by atoms with Crippen molar-refractivity contribution in [1.29, 1.82) is 0 Å². The van der Waals surface area contributed by atoms with Crippen LogP contribution in [0, 0.1) is 0 Å². The Kier molecular flexibility index (Phi) is 3.41. The summed E-state index contributed by atoms with van der Waals surface area (Å²) >= 11 is 0. The maximum absolute atomic E-state index is 4.42. The Balaban J connectivity index is 1.86. The van der Waals surface area contributed by atoms with Gasteiger partial charge in [-0.2, -0.15) is 0 Å². The van der Waals surface area contributed by atoms with E-state index in [2.05, 4.69) is 37.0 Å². The summed E-state index contributed by atoms with van der Waals surface area (Å²) in [6.45, 7) is 0.654. The molecule has 5 heteroatoms. The van der Waals surface area contributed by atoms with Crippen molar-refractivity contribution in [2.45, 2.75) is 6.54 Å². The first kappa shape index (κ1) is 12.3. The molecule has 0 unspecified atom stereocenters. The largest absolute Gasteiger partial charge is 0.372 e. The van der Waals surface area contributed by atoms with Crippen LogP contribution in [-0.2, 0) is 6.54 Å². The van der Waals surface area contributed by atoms with Crippen LogP contribution in [0.3, 0.4) is 0 Å². The molecule has 3 aromatic rings. The molecule has 0 aliphatic carbocycles. The Morgan fingerprint density at radius 2 is 1.90 bits per heavy atom. The highest BCUT2D eigenvalue weighted by Crippen LogP contribution is 2.17. The van der Waals surface area contributed by atoms with E-state index in [1.54, 1.807) is 18.6 Å². The number of aromatic nitrogens is 4. The van der Waals surface area contributed by atoms with Gasteiger partial charge in [0.1, 0.15) is 11.6 Å². The predicted molar refractivity (Wildman–Crippen MR) is 78.3 cm³/mol. The molecule has 0 atom stereocenters. The van der Waals surface area contributed by atoms with Crippen molar-refractivity contribution < 1.29 is 0 Å². The Bertz CT molecular complexity index is 673. The molecule has 100 valence electrons. The second kappa shape index (κ2) is 5.52. The lowest BCUT2D eigenvalue weighted by Gasteiger charge is -2.07. The molecule has 0 radical (unpaired) electrons. The first-order valence-electron chi connectivity index (χ1n) is 6.42. The highest BCUT2D eigenvalue weighted by Gasteiger charge is 2.06. The van der Waals surface area contributed by atoms with Gasteiger partial charge in [-0.05, 0) is 0 Å². The minimum absolute atomic E-state index is 0.654. The van der Waals surface area contributed by atoms with Crippen molar-refractivity contribution in [3.63, 3.8) is 0 Å². The van der Waals surface area contributed by atoms with Gasteiger partial charge >= 0.3 is 0 Å². The summed E-state index contributed by atoms with van der Waals surface area (Å²) < 4.78 is 2.07. The van der Waals surface area contributed by atoms with Crippen LogP contribution in [0.15, 0.2) is 55.1 Å². The van der Waals surface area contributed by atoms with Crippen LogP contribution in [0.2, 0.25) is 0 Å². The molecular formula is C15H15N5. The average Bonchev–Trinajstić information content (AvgIpc) is 2.97. The number of hydrogen-bond acceptors (Lipinski definition) is 4. The molecule has 3 rings (SSSR count). The summed E-state index contributed by atoms with van der Waals surface area (Å²) in [6.07, 6.45) is 7.27. The van der Waals surface area contributed by atoms with Crippen molar-refractivity contribution in [3.05, 3.63) is 60.8 Å². The molecular weight excluding hydrogens is 250 g/mol. The summed E-state index contributed by atoms with van der Waals surface area (Å²) in [4.78, 5) is 13.1.